The molecule has 2 rings (SSSR count). The van der Waals surface area contributed by atoms with Gasteiger partial charge in [0, 0.05) is 0 Å². The number of amides is 2. The molecule has 21 heavy (non-hydrogen) atoms. The van der Waals surface area contributed by atoms with Gasteiger partial charge in [-0.3, -0.25) is 9.59 Å². The zero-order chi connectivity index (χ0) is 14.9. The molecule has 0 saturated carbocycles. The Labute approximate surface area is 119 Å². The summed E-state index contributed by atoms with van der Waals surface area (Å²) >= 11 is 0. The molecule has 0 bridgehead atoms. The molecule has 108 valence electrons. The predicted molar refractivity (Wildman–Crippen MR) is 73.5 cm³/mol. The van der Waals surface area contributed by atoms with Gasteiger partial charge in [-0.05, 0) is 24.3 Å². The first kappa shape index (κ1) is 14.3. The third-order valence-electron chi connectivity index (χ3n) is 2.17. The number of rotatable bonds is 6. The highest BCUT2D eigenvalue weighted by Crippen LogP contribution is 1.95. The van der Waals surface area contributed by atoms with Crippen molar-refractivity contribution in [2.45, 2.75) is 6.42 Å². The van der Waals surface area contributed by atoms with Crippen LogP contribution in [0, 0.1) is 0 Å². The Bertz CT molecular complexity index is 573. The molecule has 2 aromatic heterocycles. The van der Waals surface area contributed by atoms with Crippen molar-refractivity contribution in [3.8, 4) is 0 Å². The molecule has 0 fully saturated rings. The van der Waals surface area contributed by atoms with Gasteiger partial charge in [0.25, 0.3) is 0 Å². The lowest BCUT2D eigenvalue weighted by molar-refractivity contribution is -0.129. The molecule has 2 amide bonds. The molecule has 0 radical (unpaired) electrons. The molecule has 0 atom stereocenters. The van der Waals surface area contributed by atoms with Crippen LogP contribution in [-0.4, -0.2) is 24.2 Å². The molecule has 0 aliphatic heterocycles. The fourth-order valence-electron chi connectivity index (χ4n) is 1.29. The molecular formula is C13H12N4O4. The fraction of sp³-hybridized carbons (Fsp3) is 0.0769. The average Bonchev–Trinajstić information content (AvgIpc) is 3.11. The summed E-state index contributed by atoms with van der Waals surface area (Å²) < 4.78 is 9.95. The third kappa shape index (κ3) is 5.15. The van der Waals surface area contributed by atoms with Crippen molar-refractivity contribution in [3.05, 3.63) is 48.3 Å². The largest absolute Gasteiger partial charge is 0.463 e. The van der Waals surface area contributed by atoms with E-state index in [2.05, 4.69) is 21.1 Å². The van der Waals surface area contributed by atoms with Crippen LogP contribution >= 0.6 is 0 Å². The van der Waals surface area contributed by atoms with Crippen LogP contribution in [0.1, 0.15) is 17.9 Å². The third-order valence-corrected chi connectivity index (χ3v) is 2.17. The van der Waals surface area contributed by atoms with Gasteiger partial charge in [-0.25, -0.2) is 10.9 Å². The van der Waals surface area contributed by atoms with Crippen LogP contribution in [0.4, 0.5) is 0 Å². The predicted octanol–water partition coefficient (Wildman–Crippen LogP) is 0.863. The van der Waals surface area contributed by atoms with Gasteiger partial charge in [-0.15, -0.1) is 0 Å². The summed E-state index contributed by atoms with van der Waals surface area (Å²) in [5.41, 5.74) is 4.39. The minimum Gasteiger partial charge on any atom is -0.463 e. The summed E-state index contributed by atoms with van der Waals surface area (Å²) in [7, 11) is 0. The van der Waals surface area contributed by atoms with E-state index in [9.17, 15) is 9.59 Å². The van der Waals surface area contributed by atoms with Crippen LogP contribution in [0.5, 0.6) is 0 Å². The second-order valence-electron chi connectivity index (χ2n) is 3.79. The molecule has 0 spiro atoms. The second kappa shape index (κ2) is 7.43. The number of carbonyl (C=O) groups excluding carboxylic acids is 2. The lowest BCUT2D eigenvalue weighted by atomic mass is 10.4. The molecule has 8 heteroatoms. The second-order valence-corrected chi connectivity index (χ2v) is 3.79. The fourth-order valence-corrected chi connectivity index (χ4v) is 1.29. The zero-order valence-corrected chi connectivity index (χ0v) is 10.9. The minimum atomic E-state index is -0.566. The van der Waals surface area contributed by atoms with E-state index in [1.54, 1.807) is 24.3 Å². The Hall–Kier alpha value is -3.16. The van der Waals surface area contributed by atoms with Gasteiger partial charge in [0.1, 0.15) is 17.9 Å². The molecule has 2 heterocycles. The highest BCUT2D eigenvalue weighted by Gasteiger charge is 2.07. The van der Waals surface area contributed by atoms with E-state index in [1.165, 1.54) is 25.0 Å². The van der Waals surface area contributed by atoms with Gasteiger partial charge in [-0.1, -0.05) is 0 Å². The summed E-state index contributed by atoms with van der Waals surface area (Å²) in [6.45, 7) is 0. The van der Waals surface area contributed by atoms with Gasteiger partial charge >= 0.3 is 0 Å². The van der Waals surface area contributed by atoms with E-state index in [-0.39, 0.29) is 0 Å². The van der Waals surface area contributed by atoms with Gasteiger partial charge in [-0.2, -0.15) is 10.2 Å². The number of carbonyl (C=O) groups is 2. The first-order valence-corrected chi connectivity index (χ1v) is 5.95. The highest BCUT2D eigenvalue weighted by atomic mass is 16.3. The van der Waals surface area contributed by atoms with E-state index >= 15 is 0 Å². The Kier molecular flexibility index (Phi) is 5.05. The molecule has 0 saturated heterocycles. The molecule has 0 aliphatic carbocycles. The molecule has 8 nitrogen and oxygen atoms in total. The summed E-state index contributed by atoms with van der Waals surface area (Å²) in [5, 5.41) is 7.27. The van der Waals surface area contributed by atoms with E-state index < -0.39 is 18.2 Å². The molecule has 2 N–H and O–H groups in total. The van der Waals surface area contributed by atoms with Gasteiger partial charge in [0.05, 0.1) is 25.0 Å². The lowest BCUT2D eigenvalue weighted by Crippen LogP contribution is -2.27. The summed E-state index contributed by atoms with van der Waals surface area (Å²) in [5.74, 6) is -0.155. The summed E-state index contributed by atoms with van der Waals surface area (Å²) in [4.78, 5) is 22.8. The van der Waals surface area contributed by atoms with Crippen LogP contribution in [0.2, 0.25) is 0 Å². The maximum atomic E-state index is 11.4. The first-order valence-electron chi connectivity index (χ1n) is 5.95. The van der Waals surface area contributed by atoms with Crippen molar-refractivity contribution in [2.75, 3.05) is 0 Å². The van der Waals surface area contributed by atoms with Gasteiger partial charge in [0.2, 0.25) is 11.8 Å². The number of hydrazone groups is 2. The van der Waals surface area contributed by atoms with Crippen LogP contribution in [-0.2, 0) is 9.59 Å². The molecule has 2 aromatic rings. The number of nitrogens with zero attached hydrogens (tertiary/aromatic N) is 2. The highest BCUT2D eigenvalue weighted by molar-refractivity contribution is 5.97. The first-order chi connectivity index (χ1) is 10.2. The average molecular weight is 288 g/mol. The van der Waals surface area contributed by atoms with Crippen molar-refractivity contribution in [1.29, 1.82) is 0 Å². The number of furan rings is 2. The SMILES string of the molecule is O=C(CC(=O)N/N=C/c1ccco1)N/N=C/c1ccco1. The minimum absolute atomic E-state index is 0.398. The summed E-state index contributed by atoms with van der Waals surface area (Å²) in [6.07, 6.45) is 5.21. The Morgan fingerprint density at radius 2 is 1.43 bits per heavy atom. The number of hydrogen-bond donors (Lipinski definition) is 2. The smallest absolute Gasteiger partial charge is 0.249 e. The van der Waals surface area contributed by atoms with Crippen molar-refractivity contribution in [2.24, 2.45) is 10.2 Å². The van der Waals surface area contributed by atoms with Crippen LogP contribution in [0.25, 0.3) is 0 Å². The monoisotopic (exact) mass is 288 g/mol. The van der Waals surface area contributed by atoms with Crippen molar-refractivity contribution in [3.63, 3.8) is 0 Å². The zero-order valence-electron chi connectivity index (χ0n) is 10.9. The maximum absolute atomic E-state index is 11.4. The Balaban J connectivity index is 1.68. The van der Waals surface area contributed by atoms with Crippen molar-refractivity contribution in [1.82, 2.24) is 10.9 Å². The van der Waals surface area contributed by atoms with E-state index in [1.807, 2.05) is 0 Å². The normalized spacial score (nSPS) is 11.0. The lowest BCUT2D eigenvalue weighted by Gasteiger charge is -1.98. The standard InChI is InChI=1S/C13H12N4O4/c18-12(16-14-8-10-3-1-5-20-10)7-13(19)17-15-9-11-4-2-6-21-11/h1-6,8-9H,7H2,(H,16,18)(H,17,19)/b14-8+,15-9+. The van der Waals surface area contributed by atoms with Gasteiger partial charge in [0.15, 0.2) is 0 Å². The number of nitrogens with one attached hydrogen (secondary N) is 2. The molecule has 0 aliphatic rings. The molecule has 0 aromatic carbocycles. The maximum Gasteiger partial charge on any atom is 0.249 e. The number of hydrogen-bond acceptors (Lipinski definition) is 6. The van der Waals surface area contributed by atoms with Crippen molar-refractivity contribution < 1.29 is 18.4 Å². The summed E-state index contributed by atoms with van der Waals surface area (Å²) in [6, 6.07) is 6.72. The van der Waals surface area contributed by atoms with E-state index in [0.717, 1.165) is 0 Å². The quantitative estimate of drug-likeness (QED) is 0.466. The molecular weight excluding hydrogens is 276 g/mol. The van der Waals surface area contributed by atoms with Crippen LogP contribution in [0.3, 0.4) is 0 Å². The van der Waals surface area contributed by atoms with Crippen LogP contribution < -0.4 is 10.9 Å². The Morgan fingerprint density at radius 1 is 0.952 bits per heavy atom. The Morgan fingerprint density at radius 3 is 1.81 bits per heavy atom. The van der Waals surface area contributed by atoms with Crippen LogP contribution in [0.15, 0.2) is 55.8 Å². The van der Waals surface area contributed by atoms with Gasteiger partial charge < -0.3 is 8.83 Å². The van der Waals surface area contributed by atoms with E-state index in [0.29, 0.717) is 11.5 Å². The van der Waals surface area contributed by atoms with E-state index in [4.69, 9.17) is 8.83 Å². The molecule has 0 unspecified atom stereocenters. The topological polar surface area (TPSA) is 109 Å². The van der Waals surface area contributed by atoms with Crippen molar-refractivity contribution >= 4 is 24.2 Å².